The molecular weight excluding hydrogens is 248 g/mol. The van der Waals surface area contributed by atoms with Crippen molar-refractivity contribution in [3.8, 4) is 0 Å². The van der Waals surface area contributed by atoms with Crippen LogP contribution in [0, 0.1) is 0 Å². The molecule has 0 aromatic carbocycles. The van der Waals surface area contributed by atoms with E-state index in [-0.39, 0.29) is 26.0 Å². The van der Waals surface area contributed by atoms with Crippen molar-refractivity contribution in [1.29, 1.82) is 0 Å². The Morgan fingerprint density at radius 1 is 0.474 bits per heavy atom. The van der Waals surface area contributed by atoms with Gasteiger partial charge in [-0.2, -0.15) is 0 Å². The number of rotatable bonds is 9. The lowest BCUT2D eigenvalue weighted by Crippen LogP contribution is -2.03. The third-order valence-corrected chi connectivity index (χ3v) is 1.84. The highest BCUT2D eigenvalue weighted by atomic mass is 16.3. The second kappa shape index (κ2) is 36.1. The van der Waals surface area contributed by atoms with E-state index in [0.717, 1.165) is 51.6 Å². The minimum atomic E-state index is 0. The van der Waals surface area contributed by atoms with Crippen molar-refractivity contribution in [2.75, 3.05) is 39.5 Å². The van der Waals surface area contributed by atoms with Gasteiger partial charge in [0.25, 0.3) is 0 Å². The molecule has 0 fully saturated rings. The summed E-state index contributed by atoms with van der Waals surface area (Å²) in [5, 5.41) is 24.3. The van der Waals surface area contributed by atoms with Crippen LogP contribution in [0.1, 0.15) is 38.5 Å². The second-order valence-electron chi connectivity index (χ2n) is 3.66. The number of aliphatic hydroxyl groups excluding tert-OH is 3. The molecule has 7 heteroatoms. The maximum Gasteiger partial charge on any atom is 0.0431 e. The van der Waals surface area contributed by atoms with Crippen molar-refractivity contribution < 1.29 is 15.3 Å². The summed E-state index contributed by atoms with van der Waals surface area (Å²) in [7, 11) is 0. The second-order valence-corrected chi connectivity index (χ2v) is 3.66. The Morgan fingerprint density at radius 3 is 0.842 bits per heavy atom. The molecule has 0 bridgehead atoms. The van der Waals surface area contributed by atoms with Gasteiger partial charge in [-0.1, -0.05) is 0 Å². The van der Waals surface area contributed by atoms with Gasteiger partial charge in [-0.25, -0.2) is 0 Å². The molecule has 0 heterocycles. The van der Waals surface area contributed by atoms with Crippen molar-refractivity contribution in [1.82, 2.24) is 6.15 Å². The van der Waals surface area contributed by atoms with Gasteiger partial charge in [0.05, 0.1) is 0 Å². The zero-order chi connectivity index (χ0) is 14.5. The molecule has 0 aromatic heterocycles. The fourth-order valence-electron chi connectivity index (χ4n) is 0.768. The van der Waals surface area contributed by atoms with Gasteiger partial charge in [0.1, 0.15) is 0 Å². The summed E-state index contributed by atoms with van der Waals surface area (Å²) in [5.41, 5.74) is 15.4. The fourth-order valence-corrected chi connectivity index (χ4v) is 0.768. The topological polar surface area (TPSA) is 174 Å². The van der Waals surface area contributed by atoms with Crippen molar-refractivity contribution in [2.24, 2.45) is 17.2 Å². The van der Waals surface area contributed by atoms with Crippen molar-refractivity contribution in [2.45, 2.75) is 38.5 Å². The summed E-state index contributed by atoms with van der Waals surface area (Å²) in [6.45, 7) is 2.91. The third kappa shape index (κ3) is 57.6. The average Bonchev–Trinajstić information content (AvgIpc) is 2.42. The van der Waals surface area contributed by atoms with Crippen LogP contribution < -0.4 is 23.4 Å². The first-order chi connectivity index (χ1) is 8.74. The van der Waals surface area contributed by atoms with Crippen LogP contribution in [-0.4, -0.2) is 54.8 Å². The minimum Gasteiger partial charge on any atom is -0.396 e. The van der Waals surface area contributed by atoms with E-state index in [2.05, 4.69) is 0 Å². The number of unbranched alkanes of at least 4 members (excludes halogenated alkanes) is 3. The molecule has 19 heavy (non-hydrogen) atoms. The van der Waals surface area contributed by atoms with E-state index < -0.39 is 0 Å². The van der Waals surface area contributed by atoms with Gasteiger partial charge in [-0.05, 0) is 58.2 Å². The molecule has 0 aliphatic rings. The lowest BCUT2D eigenvalue weighted by atomic mass is 10.3. The van der Waals surface area contributed by atoms with E-state index in [1.165, 1.54) is 0 Å². The normalized spacial score (nSPS) is 8.53. The average molecular weight is 284 g/mol. The minimum absolute atomic E-state index is 0. The van der Waals surface area contributed by atoms with Crippen LogP contribution >= 0.6 is 0 Å². The van der Waals surface area contributed by atoms with Crippen LogP contribution in [0.25, 0.3) is 0 Å². The van der Waals surface area contributed by atoms with E-state index >= 15 is 0 Å². The van der Waals surface area contributed by atoms with E-state index in [1.54, 1.807) is 0 Å². The predicted octanol–water partition coefficient (Wildman–Crippen LogP) is -0.685. The summed E-state index contributed by atoms with van der Waals surface area (Å²) < 4.78 is 0. The summed E-state index contributed by atoms with van der Waals surface area (Å²) in [4.78, 5) is 0. The largest absolute Gasteiger partial charge is 0.396 e. The van der Waals surface area contributed by atoms with Crippen molar-refractivity contribution >= 4 is 0 Å². The van der Waals surface area contributed by atoms with Crippen LogP contribution in [0.5, 0.6) is 0 Å². The molecule has 0 amide bonds. The lowest BCUT2D eigenvalue weighted by Gasteiger charge is -1.87. The van der Waals surface area contributed by atoms with Gasteiger partial charge < -0.3 is 38.7 Å². The number of nitrogens with two attached hydrogens (primary N) is 3. The maximum absolute atomic E-state index is 8.14. The lowest BCUT2D eigenvalue weighted by molar-refractivity contribution is 0.242. The molecule has 0 aromatic rings. The smallest absolute Gasteiger partial charge is 0.0431 e. The molecule has 0 rings (SSSR count). The number of aliphatic hydroxyl groups is 3. The Balaban J connectivity index is -0.0000000865. The third-order valence-electron chi connectivity index (χ3n) is 1.84. The molecule has 0 unspecified atom stereocenters. The van der Waals surface area contributed by atoms with E-state index in [9.17, 15) is 0 Å². The quantitative estimate of drug-likeness (QED) is 0.274. The van der Waals surface area contributed by atoms with Crippen LogP contribution in [0.2, 0.25) is 0 Å². The molecule has 122 valence electrons. The van der Waals surface area contributed by atoms with Crippen LogP contribution in [0.15, 0.2) is 0 Å². The molecule has 0 radical (unpaired) electrons. The SMILES string of the molecule is N.NCCCCN.NCCCCO.OCCCCO. The first-order valence-corrected chi connectivity index (χ1v) is 6.67. The van der Waals surface area contributed by atoms with Crippen LogP contribution in [-0.2, 0) is 0 Å². The van der Waals surface area contributed by atoms with Gasteiger partial charge in [0, 0.05) is 19.8 Å². The summed E-state index contributed by atoms with van der Waals surface area (Å²) >= 11 is 0. The van der Waals surface area contributed by atoms with Crippen molar-refractivity contribution in [3.63, 3.8) is 0 Å². The number of hydrogen-bond acceptors (Lipinski definition) is 7. The van der Waals surface area contributed by atoms with E-state index in [1.807, 2.05) is 0 Å². The highest BCUT2D eigenvalue weighted by Gasteiger charge is 1.77. The van der Waals surface area contributed by atoms with Crippen LogP contribution in [0.3, 0.4) is 0 Å². The Morgan fingerprint density at radius 2 is 0.684 bits per heavy atom. The molecule has 0 saturated heterocycles. The van der Waals surface area contributed by atoms with Gasteiger partial charge >= 0.3 is 0 Å². The zero-order valence-electron chi connectivity index (χ0n) is 12.3. The van der Waals surface area contributed by atoms with Gasteiger partial charge in [-0.15, -0.1) is 0 Å². The van der Waals surface area contributed by atoms with E-state index in [4.69, 9.17) is 32.5 Å². The highest BCUT2D eigenvalue weighted by Crippen LogP contribution is 1.80. The first kappa shape index (κ1) is 27.1. The molecule has 0 atom stereocenters. The fraction of sp³-hybridized carbons (Fsp3) is 1.00. The predicted molar refractivity (Wildman–Crippen MR) is 81.1 cm³/mol. The molecule has 0 saturated carbocycles. The molecule has 0 aliphatic heterocycles. The molecule has 0 spiro atoms. The van der Waals surface area contributed by atoms with Crippen molar-refractivity contribution in [3.05, 3.63) is 0 Å². The first-order valence-electron chi connectivity index (χ1n) is 6.67. The molecule has 7 nitrogen and oxygen atoms in total. The highest BCUT2D eigenvalue weighted by molar-refractivity contribution is 4.38. The van der Waals surface area contributed by atoms with Gasteiger partial charge in [0.2, 0.25) is 0 Å². The molecule has 12 N–H and O–H groups in total. The van der Waals surface area contributed by atoms with Crippen LogP contribution in [0.4, 0.5) is 0 Å². The standard InChI is InChI=1S/C4H12N2.C4H11NO.C4H10O2.H3N/c3*5-3-1-2-4-6;/h1-6H2;6H,1-5H2;5-6H,1-4H2;1H3. The molecule has 0 aliphatic carbocycles. The Bertz CT molecular complexity index is 80.0. The summed E-state index contributed by atoms with van der Waals surface area (Å²) in [6.07, 6.45) is 5.35. The number of hydrogen-bond donors (Lipinski definition) is 7. The summed E-state index contributed by atoms with van der Waals surface area (Å²) in [6, 6.07) is 0. The Hall–Kier alpha value is -0.280. The Kier molecular flexibility index (Phi) is 51.5. The maximum atomic E-state index is 8.14. The van der Waals surface area contributed by atoms with E-state index in [0.29, 0.717) is 6.54 Å². The van der Waals surface area contributed by atoms with Gasteiger partial charge in [-0.3, -0.25) is 0 Å². The van der Waals surface area contributed by atoms with Gasteiger partial charge in [0.15, 0.2) is 0 Å². The monoisotopic (exact) mass is 284 g/mol. The molecular formula is C12H36N4O3. The summed E-state index contributed by atoms with van der Waals surface area (Å²) in [5.74, 6) is 0. The zero-order valence-corrected chi connectivity index (χ0v) is 12.3. The Labute approximate surface area is 117 Å².